The molecular formula is C8H19NOPS2W+. The molecule has 0 atom stereocenters. The van der Waals surface area contributed by atoms with E-state index in [0.717, 1.165) is 13.1 Å². The summed E-state index contributed by atoms with van der Waals surface area (Å²) in [6, 6.07) is 0. The number of thiol groups is 2. The predicted octanol–water partition coefficient (Wildman–Crippen LogP) is 3.45. The molecule has 84 valence electrons. The van der Waals surface area contributed by atoms with Gasteiger partial charge in [0.2, 0.25) is 0 Å². The molecule has 0 aliphatic carbocycles. The molecule has 0 bridgehead atoms. The molecule has 0 rings (SSSR count). The second-order valence-corrected chi connectivity index (χ2v) is 6.08. The normalized spacial score (nSPS) is 7.93. The summed E-state index contributed by atoms with van der Waals surface area (Å²) in [6.45, 7) is 7.92. The molecule has 2 nitrogen and oxygen atoms in total. The third-order valence-electron chi connectivity index (χ3n) is 1.25. The zero-order valence-electron chi connectivity index (χ0n) is 8.48. The molecule has 0 aromatic rings. The van der Waals surface area contributed by atoms with Crippen molar-refractivity contribution in [3.05, 3.63) is 12.7 Å². The Balaban J connectivity index is -0.000000209. The first kappa shape index (κ1) is 20.6. The van der Waals surface area contributed by atoms with Crippen LogP contribution >= 0.6 is 30.7 Å². The first-order chi connectivity index (χ1) is 6.15. The van der Waals surface area contributed by atoms with Crippen molar-refractivity contribution in [2.45, 2.75) is 26.2 Å². The van der Waals surface area contributed by atoms with E-state index in [4.69, 9.17) is 0 Å². The largest absolute Gasteiger partial charge is 0.477 e. The molecule has 0 aliphatic heterocycles. The zero-order valence-corrected chi connectivity index (χ0v) is 14.1. The SMILES string of the molecule is C=CCNCCCCC.O=[P+](S)S.[W]. The van der Waals surface area contributed by atoms with Gasteiger partial charge in [-0.25, -0.2) is 0 Å². The van der Waals surface area contributed by atoms with Crippen LogP contribution in [0.25, 0.3) is 0 Å². The fourth-order valence-electron chi connectivity index (χ4n) is 0.704. The molecule has 0 aliphatic rings. The van der Waals surface area contributed by atoms with Gasteiger partial charge in [0.1, 0.15) is 24.5 Å². The molecule has 0 saturated heterocycles. The van der Waals surface area contributed by atoms with E-state index in [2.05, 4.69) is 43.3 Å². The minimum absolute atomic E-state index is 0. The topological polar surface area (TPSA) is 29.1 Å². The van der Waals surface area contributed by atoms with Crippen LogP contribution in [-0.4, -0.2) is 13.1 Å². The quantitative estimate of drug-likeness (QED) is 0.264. The number of rotatable bonds is 6. The molecule has 0 heterocycles. The predicted molar refractivity (Wildman–Crippen MR) is 68.2 cm³/mol. The monoisotopic (exact) mass is 424 g/mol. The van der Waals surface area contributed by atoms with Gasteiger partial charge < -0.3 is 5.32 Å². The summed E-state index contributed by atoms with van der Waals surface area (Å²) in [6.07, 6.45) is 4.35. The van der Waals surface area contributed by atoms with E-state index in [9.17, 15) is 4.57 Å². The van der Waals surface area contributed by atoms with Crippen molar-refractivity contribution in [2.75, 3.05) is 13.1 Å². The van der Waals surface area contributed by atoms with Crippen molar-refractivity contribution in [1.82, 2.24) is 5.32 Å². The van der Waals surface area contributed by atoms with Gasteiger partial charge in [-0.2, -0.15) is 0 Å². The second kappa shape index (κ2) is 19.7. The van der Waals surface area contributed by atoms with E-state index in [-0.39, 0.29) is 21.1 Å². The molecule has 0 saturated carbocycles. The van der Waals surface area contributed by atoms with Gasteiger partial charge in [-0.1, -0.05) is 25.8 Å². The van der Waals surface area contributed by atoms with E-state index in [0.29, 0.717) is 0 Å². The molecule has 0 amide bonds. The molecule has 0 spiro atoms. The van der Waals surface area contributed by atoms with Crippen molar-refractivity contribution in [3.8, 4) is 0 Å². The summed E-state index contributed by atoms with van der Waals surface area (Å²) in [5, 5.41) is 3.25. The number of hydrogen-bond acceptors (Lipinski definition) is 2. The Morgan fingerprint density at radius 2 is 1.93 bits per heavy atom. The Kier molecular flexibility index (Phi) is 29.0. The van der Waals surface area contributed by atoms with E-state index < -0.39 is 6.20 Å². The van der Waals surface area contributed by atoms with Gasteiger partial charge in [0.05, 0.1) is 0 Å². The van der Waals surface area contributed by atoms with Gasteiger partial charge in [-0.15, -0.1) is 6.58 Å². The van der Waals surface area contributed by atoms with Crippen molar-refractivity contribution >= 4 is 30.7 Å². The van der Waals surface area contributed by atoms with Crippen LogP contribution < -0.4 is 5.32 Å². The summed E-state index contributed by atoms with van der Waals surface area (Å²) >= 11 is 6.68. The fourth-order valence-corrected chi connectivity index (χ4v) is 0.704. The first-order valence-corrected chi connectivity index (χ1v) is 7.88. The molecule has 14 heavy (non-hydrogen) atoms. The van der Waals surface area contributed by atoms with Gasteiger partial charge in [0.15, 0.2) is 0 Å². The number of nitrogens with one attached hydrogen (secondary N) is 1. The van der Waals surface area contributed by atoms with Crippen LogP contribution in [0.5, 0.6) is 0 Å². The summed E-state index contributed by atoms with van der Waals surface area (Å²) in [4.78, 5) is 0. The third kappa shape index (κ3) is 37.9. The van der Waals surface area contributed by atoms with E-state index in [1.54, 1.807) is 0 Å². The van der Waals surface area contributed by atoms with Crippen LogP contribution in [0.15, 0.2) is 12.7 Å². The summed E-state index contributed by atoms with van der Waals surface area (Å²) in [5.41, 5.74) is 0. The molecule has 0 unspecified atom stereocenters. The van der Waals surface area contributed by atoms with Gasteiger partial charge in [0, 0.05) is 27.6 Å². The fraction of sp³-hybridized carbons (Fsp3) is 0.750. The Labute approximate surface area is 113 Å². The van der Waals surface area contributed by atoms with E-state index >= 15 is 0 Å². The van der Waals surface area contributed by atoms with Crippen LogP contribution in [0.4, 0.5) is 0 Å². The molecule has 0 radical (unpaired) electrons. The number of unbranched alkanes of at least 4 members (excludes halogenated alkanes) is 2. The molecule has 0 aromatic carbocycles. The average molecular weight is 424 g/mol. The zero-order chi connectivity index (χ0) is 10.5. The van der Waals surface area contributed by atoms with E-state index in [1.807, 2.05) is 6.08 Å². The Morgan fingerprint density at radius 1 is 1.43 bits per heavy atom. The Bertz CT molecular complexity index is 135. The summed E-state index contributed by atoms with van der Waals surface area (Å²) in [7, 11) is 0. The molecule has 6 heteroatoms. The summed E-state index contributed by atoms with van der Waals surface area (Å²) in [5.74, 6) is 0. The van der Waals surface area contributed by atoms with Crippen molar-refractivity contribution < 1.29 is 25.6 Å². The molecule has 1 N–H and O–H groups in total. The maximum atomic E-state index is 9.32. The maximum absolute atomic E-state index is 9.32. The van der Waals surface area contributed by atoms with Crippen LogP contribution in [0.1, 0.15) is 26.2 Å². The minimum atomic E-state index is -1.48. The van der Waals surface area contributed by atoms with Crippen LogP contribution in [-0.2, 0) is 25.6 Å². The number of hydrogen-bond donors (Lipinski definition) is 3. The van der Waals surface area contributed by atoms with E-state index in [1.165, 1.54) is 19.3 Å². The van der Waals surface area contributed by atoms with Crippen LogP contribution in [0, 0.1) is 0 Å². The van der Waals surface area contributed by atoms with Crippen molar-refractivity contribution in [2.24, 2.45) is 0 Å². The Morgan fingerprint density at radius 3 is 2.29 bits per heavy atom. The average Bonchev–Trinajstić information content (AvgIpc) is 2.03. The minimum Gasteiger partial charge on any atom is -0.313 e. The van der Waals surface area contributed by atoms with Crippen molar-refractivity contribution in [3.63, 3.8) is 0 Å². The molecule has 0 fully saturated rings. The standard InChI is InChI=1S/C8H17N.HOPS2.W/c1-3-5-6-8-9-7-4-2;1-2(3)4;/h4,9H,2-3,5-8H2,1H3;(H-,1,3,4);/p+1. The Hall–Kier alpha value is 1.19. The first-order valence-electron chi connectivity index (χ1n) is 4.31. The van der Waals surface area contributed by atoms with Gasteiger partial charge in [-0.3, -0.25) is 0 Å². The molecular weight excluding hydrogens is 405 g/mol. The third-order valence-corrected chi connectivity index (χ3v) is 1.25. The summed E-state index contributed by atoms with van der Waals surface area (Å²) < 4.78 is 9.32. The van der Waals surface area contributed by atoms with Gasteiger partial charge in [0.25, 0.3) is 0 Å². The maximum Gasteiger partial charge on any atom is 0.477 e. The second-order valence-electron chi connectivity index (χ2n) is 2.45. The molecule has 0 aromatic heterocycles. The van der Waals surface area contributed by atoms with Crippen LogP contribution in [0.3, 0.4) is 0 Å². The van der Waals surface area contributed by atoms with Crippen molar-refractivity contribution in [1.29, 1.82) is 0 Å². The van der Waals surface area contributed by atoms with Crippen LogP contribution in [0.2, 0.25) is 0 Å². The smallest absolute Gasteiger partial charge is 0.313 e. The van der Waals surface area contributed by atoms with Gasteiger partial charge in [-0.05, 0) is 17.5 Å². The van der Waals surface area contributed by atoms with Gasteiger partial charge >= 0.3 is 6.20 Å².